The van der Waals surface area contributed by atoms with E-state index in [-0.39, 0.29) is 0 Å². The molecule has 0 unspecified atom stereocenters. The van der Waals surface area contributed by atoms with E-state index < -0.39 is 0 Å². The van der Waals surface area contributed by atoms with Crippen LogP contribution >= 0.6 is 0 Å². The Labute approximate surface area is 165 Å². The summed E-state index contributed by atoms with van der Waals surface area (Å²) in [7, 11) is 0. The quantitative estimate of drug-likeness (QED) is 0.424. The second kappa shape index (κ2) is 8.21. The molecular formula is C23H24N4O. The van der Waals surface area contributed by atoms with Crippen molar-refractivity contribution in [2.24, 2.45) is 0 Å². The van der Waals surface area contributed by atoms with Crippen molar-refractivity contribution in [3.63, 3.8) is 0 Å². The molecule has 5 nitrogen and oxygen atoms in total. The van der Waals surface area contributed by atoms with Crippen LogP contribution in [0, 0.1) is 0 Å². The van der Waals surface area contributed by atoms with Crippen molar-refractivity contribution in [1.82, 2.24) is 15.0 Å². The Morgan fingerprint density at radius 1 is 0.750 bits per heavy atom. The Bertz CT molecular complexity index is 1040. The molecule has 0 atom stereocenters. The molecule has 0 amide bonds. The van der Waals surface area contributed by atoms with Gasteiger partial charge in [-0.05, 0) is 25.0 Å². The molecule has 0 spiro atoms. The third-order valence-electron chi connectivity index (χ3n) is 4.58. The molecule has 4 rings (SSSR count). The molecule has 0 saturated carbocycles. The van der Waals surface area contributed by atoms with Gasteiger partial charge in [0, 0.05) is 24.2 Å². The van der Waals surface area contributed by atoms with E-state index in [2.05, 4.69) is 23.7 Å². The Kier molecular flexibility index (Phi) is 5.33. The van der Waals surface area contributed by atoms with Gasteiger partial charge in [0.2, 0.25) is 17.1 Å². The van der Waals surface area contributed by atoms with E-state index in [1.807, 2.05) is 60.7 Å². The van der Waals surface area contributed by atoms with Gasteiger partial charge in [0.1, 0.15) is 0 Å². The monoisotopic (exact) mass is 372 g/mol. The third kappa shape index (κ3) is 3.60. The minimum absolute atomic E-state index is 0.573. The van der Waals surface area contributed by atoms with E-state index >= 15 is 0 Å². The van der Waals surface area contributed by atoms with Crippen LogP contribution in [0.3, 0.4) is 0 Å². The number of anilines is 1. The highest BCUT2D eigenvalue weighted by Gasteiger charge is 2.20. The molecule has 142 valence electrons. The molecule has 2 heterocycles. The van der Waals surface area contributed by atoms with Crippen LogP contribution in [0.2, 0.25) is 0 Å². The number of nitrogens with zero attached hydrogens (tertiary/aromatic N) is 4. The van der Waals surface area contributed by atoms with E-state index in [0.29, 0.717) is 22.9 Å². The minimum Gasteiger partial charge on any atom is -0.430 e. The normalized spacial score (nSPS) is 11.1. The lowest BCUT2D eigenvalue weighted by atomic mass is 10.2. The zero-order valence-corrected chi connectivity index (χ0v) is 16.3. The van der Waals surface area contributed by atoms with E-state index in [9.17, 15) is 0 Å². The summed E-state index contributed by atoms with van der Waals surface area (Å²) in [4.78, 5) is 16.6. The molecule has 4 aromatic rings. The molecule has 28 heavy (non-hydrogen) atoms. The molecule has 0 N–H and O–H groups in total. The van der Waals surface area contributed by atoms with Gasteiger partial charge in [-0.15, -0.1) is 0 Å². The topological polar surface area (TPSA) is 55.1 Å². The average molecular weight is 372 g/mol. The number of aromatic nitrogens is 3. The first-order valence-corrected chi connectivity index (χ1v) is 9.84. The molecule has 0 fully saturated rings. The summed E-state index contributed by atoms with van der Waals surface area (Å²) in [6.45, 7) is 6.18. The van der Waals surface area contributed by atoms with Crippen LogP contribution < -0.4 is 4.90 Å². The Morgan fingerprint density at radius 3 is 1.96 bits per heavy atom. The number of fused-ring (bicyclic) bond motifs is 1. The fourth-order valence-electron chi connectivity index (χ4n) is 3.31. The summed E-state index contributed by atoms with van der Waals surface area (Å²) in [5.41, 5.74) is 3.16. The van der Waals surface area contributed by atoms with Crippen LogP contribution in [-0.4, -0.2) is 28.0 Å². The van der Waals surface area contributed by atoms with Crippen molar-refractivity contribution in [1.29, 1.82) is 0 Å². The molecule has 0 saturated heterocycles. The molecule has 0 aliphatic heterocycles. The maximum Gasteiger partial charge on any atom is 0.229 e. The summed E-state index contributed by atoms with van der Waals surface area (Å²) in [6, 6.07) is 20.0. The van der Waals surface area contributed by atoms with Gasteiger partial charge in [-0.2, -0.15) is 4.98 Å². The van der Waals surface area contributed by atoms with E-state index in [4.69, 9.17) is 14.4 Å². The lowest BCUT2D eigenvalue weighted by Gasteiger charge is -2.22. The van der Waals surface area contributed by atoms with Crippen molar-refractivity contribution in [2.45, 2.75) is 26.7 Å². The Hall–Kier alpha value is -3.21. The van der Waals surface area contributed by atoms with Crippen LogP contribution in [0.25, 0.3) is 34.1 Å². The van der Waals surface area contributed by atoms with Crippen LogP contribution in [0.1, 0.15) is 26.7 Å². The molecule has 2 aromatic carbocycles. The van der Waals surface area contributed by atoms with Crippen molar-refractivity contribution in [3.05, 3.63) is 60.7 Å². The molecule has 2 aromatic heterocycles. The lowest BCUT2D eigenvalue weighted by Crippen LogP contribution is -2.26. The second-order valence-electron chi connectivity index (χ2n) is 6.76. The molecule has 0 aliphatic carbocycles. The van der Waals surface area contributed by atoms with Crippen LogP contribution in [0.5, 0.6) is 0 Å². The number of rotatable bonds is 7. The van der Waals surface area contributed by atoms with Gasteiger partial charge in [0.25, 0.3) is 0 Å². The third-order valence-corrected chi connectivity index (χ3v) is 4.58. The van der Waals surface area contributed by atoms with Gasteiger partial charge >= 0.3 is 0 Å². The number of oxazole rings is 1. The average Bonchev–Trinajstić information content (AvgIpc) is 3.18. The summed E-state index contributed by atoms with van der Waals surface area (Å²) in [6.07, 6.45) is 2.07. The van der Waals surface area contributed by atoms with Gasteiger partial charge in [-0.1, -0.05) is 62.4 Å². The summed E-state index contributed by atoms with van der Waals surface area (Å²) in [5.74, 6) is 2.07. The largest absolute Gasteiger partial charge is 0.430 e. The number of benzene rings is 2. The first kappa shape index (κ1) is 18.2. The predicted molar refractivity (Wildman–Crippen MR) is 113 cm³/mol. The first-order valence-electron chi connectivity index (χ1n) is 9.84. The number of hydrogen-bond donors (Lipinski definition) is 0. The van der Waals surface area contributed by atoms with Gasteiger partial charge in [0.15, 0.2) is 11.6 Å². The zero-order chi connectivity index (χ0) is 19.3. The molecule has 0 bridgehead atoms. The Balaban J connectivity index is 1.91. The molecule has 0 radical (unpaired) electrons. The highest BCUT2D eigenvalue weighted by molar-refractivity contribution is 5.85. The maximum absolute atomic E-state index is 6.17. The zero-order valence-electron chi connectivity index (χ0n) is 16.3. The van der Waals surface area contributed by atoms with Gasteiger partial charge in [0.05, 0.1) is 0 Å². The summed E-state index contributed by atoms with van der Waals surface area (Å²) >= 11 is 0. The predicted octanol–water partition coefficient (Wildman–Crippen LogP) is 5.58. The summed E-state index contributed by atoms with van der Waals surface area (Å²) in [5, 5.41) is 0. The van der Waals surface area contributed by atoms with Crippen LogP contribution in [0.15, 0.2) is 65.1 Å². The smallest absolute Gasteiger partial charge is 0.229 e. The highest BCUT2D eigenvalue weighted by Crippen LogP contribution is 2.31. The van der Waals surface area contributed by atoms with Gasteiger partial charge < -0.3 is 9.32 Å². The van der Waals surface area contributed by atoms with Crippen molar-refractivity contribution in [3.8, 4) is 22.8 Å². The molecule has 0 aliphatic rings. The highest BCUT2D eigenvalue weighted by atomic mass is 16.4. The van der Waals surface area contributed by atoms with Crippen molar-refractivity contribution >= 4 is 17.0 Å². The fourth-order valence-corrected chi connectivity index (χ4v) is 3.31. The standard InChI is InChI=1S/C23H24N4O/c1-3-15-27(16-4-2)22-19-21(24-20(25-22)17-11-7-5-8-12-17)26-23(28-19)18-13-9-6-10-14-18/h5-14H,3-4,15-16H2,1-2H3. The fraction of sp³-hybridized carbons (Fsp3) is 0.261. The SMILES string of the molecule is CCCN(CCC)c1nc(-c2ccccc2)nc2nc(-c3ccccc3)oc12. The molecule has 5 heteroatoms. The Morgan fingerprint density at radius 2 is 1.36 bits per heavy atom. The van der Waals surface area contributed by atoms with Crippen molar-refractivity contribution < 1.29 is 4.42 Å². The molecular weight excluding hydrogens is 348 g/mol. The van der Waals surface area contributed by atoms with E-state index in [0.717, 1.165) is 42.9 Å². The van der Waals surface area contributed by atoms with Gasteiger partial charge in [-0.3, -0.25) is 0 Å². The second-order valence-corrected chi connectivity index (χ2v) is 6.76. The van der Waals surface area contributed by atoms with E-state index in [1.54, 1.807) is 0 Å². The van der Waals surface area contributed by atoms with E-state index in [1.165, 1.54) is 0 Å². The minimum atomic E-state index is 0.573. The van der Waals surface area contributed by atoms with Gasteiger partial charge in [-0.25, -0.2) is 9.97 Å². The van der Waals surface area contributed by atoms with Crippen LogP contribution in [-0.2, 0) is 0 Å². The summed E-state index contributed by atoms with van der Waals surface area (Å²) < 4.78 is 6.17. The maximum atomic E-state index is 6.17. The first-order chi connectivity index (χ1) is 13.8. The van der Waals surface area contributed by atoms with Crippen molar-refractivity contribution in [2.75, 3.05) is 18.0 Å². The number of hydrogen-bond acceptors (Lipinski definition) is 5. The van der Waals surface area contributed by atoms with Crippen LogP contribution in [0.4, 0.5) is 5.82 Å². The lowest BCUT2D eigenvalue weighted by molar-refractivity contribution is 0.613.